The lowest BCUT2D eigenvalue weighted by molar-refractivity contribution is 0.103. The van der Waals surface area contributed by atoms with Gasteiger partial charge in [0.1, 0.15) is 13.2 Å². The fourth-order valence-corrected chi connectivity index (χ4v) is 3.53. The molecule has 2 aromatic heterocycles. The molecule has 25 heavy (non-hydrogen) atoms. The van der Waals surface area contributed by atoms with Gasteiger partial charge in [0.15, 0.2) is 11.5 Å². The minimum absolute atomic E-state index is 0.126. The van der Waals surface area contributed by atoms with Gasteiger partial charge in [-0.2, -0.15) is 0 Å². The van der Waals surface area contributed by atoms with Gasteiger partial charge < -0.3 is 14.8 Å². The van der Waals surface area contributed by atoms with Crippen molar-refractivity contribution in [3.05, 3.63) is 59.2 Å². The highest BCUT2D eigenvalue weighted by atomic mass is 32.1. The number of nitrogens with zero attached hydrogens (tertiary/aromatic N) is 1. The summed E-state index contributed by atoms with van der Waals surface area (Å²) in [6.07, 6.45) is 1.68. The Morgan fingerprint density at radius 2 is 1.92 bits per heavy atom. The number of aryl methyl sites for hydroxylation is 1. The first-order chi connectivity index (χ1) is 12.2. The van der Waals surface area contributed by atoms with Crippen LogP contribution in [0.1, 0.15) is 15.4 Å². The molecule has 1 aliphatic heterocycles. The Balaban J connectivity index is 1.54. The fourth-order valence-electron chi connectivity index (χ4n) is 2.63. The van der Waals surface area contributed by atoms with E-state index >= 15 is 0 Å². The molecule has 0 radical (unpaired) electrons. The molecule has 3 aromatic rings. The van der Waals surface area contributed by atoms with Crippen LogP contribution in [0, 0.1) is 6.92 Å². The lowest BCUT2D eigenvalue weighted by atomic mass is 10.1. The summed E-state index contributed by atoms with van der Waals surface area (Å²) < 4.78 is 11.2. The minimum Gasteiger partial charge on any atom is -0.486 e. The molecule has 0 saturated carbocycles. The van der Waals surface area contributed by atoms with Gasteiger partial charge in [-0.3, -0.25) is 9.78 Å². The number of hydrogen-bond donors (Lipinski definition) is 1. The summed E-state index contributed by atoms with van der Waals surface area (Å²) in [5.74, 6) is 1.38. The zero-order valence-electron chi connectivity index (χ0n) is 13.6. The van der Waals surface area contributed by atoms with Gasteiger partial charge in [-0.15, -0.1) is 11.3 Å². The molecule has 1 amide bonds. The van der Waals surface area contributed by atoms with Crippen molar-refractivity contribution in [3.8, 4) is 21.9 Å². The van der Waals surface area contributed by atoms with Crippen LogP contribution in [0.4, 0.5) is 5.69 Å². The van der Waals surface area contributed by atoms with E-state index in [4.69, 9.17) is 9.47 Å². The van der Waals surface area contributed by atoms with E-state index in [-0.39, 0.29) is 5.91 Å². The second kappa shape index (κ2) is 6.57. The number of thiophene rings is 1. The first-order valence-corrected chi connectivity index (χ1v) is 8.74. The third-order valence-corrected chi connectivity index (χ3v) is 4.94. The average Bonchev–Trinajstić information content (AvgIpc) is 3.12. The van der Waals surface area contributed by atoms with Crippen molar-refractivity contribution in [2.45, 2.75) is 6.92 Å². The van der Waals surface area contributed by atoms with Crippen LogP contribution in [-0.4, -0.2) is 24.1 Å². The van der Waals surface area contributed by atoms with Gasteiger partial charge in [-0.1, -0.05) is 0 Å². The first kappa shape index (κ1) is 15.7. The Morgan fingerprint density at radius 3 is 2.76 bits per heavy atom. The molecule has 0 fully saturated rings. The van der Waals surface area contributed by atoms with Crippen LogP contribution in [0.5, 0.6) is 11.5 Å². The number of carbonyl (C=O) groups is 1. The second-order valence-electron chi connectivity index (χ2n) is 5.66. The van der Waals surface area contributed by atoms with Crippen molar-refractivity contribution in [3.63, 3.8) is 0 Å². The molecule has 4 rings (SSSR count). The smallest absolute Gasteiger partial charge is 0.265 e. The summed E-state index contributed by atoms with van der Waals surface area (Å²) in [5.41, 5.74) is 2.61. The molecular weight excluding hydrogens is 336 g/mol. The molecule has 0 atom stereocenters. The number of fused-ring (bicyclic) bond motifs is 1. The molecule has 0 bridgehead atoms. The zero-order valence-corrected chi connectivity index (χ0v) is 14.4. The summed E-state index contributed by atoms with van der Waals surface area (Å²) in [5, 5.41) is 2.90. The van der Waals surface area contributed by atoms with E-state index < -0.39 is 0 Å². The summed E-state index contributed by atoms with van der Waals surface area (Å²) in [6.45, 7) is 3.02. The highest BCUT2D eigenvalue weighted by Gasteiger charge is 2.15. The van der Waals surface area contributed by atoms with Crippen molar-refractivity contribution in [2.75, 3.05) is 18.5 Å². The number of anilines is 1. The highest BCUT2D eigenvalue weighted by molar-refractivity contribution is 7.17. The van der Waals surface area contributed by atoms with E-state index in [0.29, 0.717) is 18.1 Å². The largest absolute Gasteiger partial charge is 0.486 e. The van der Waals surface area contributed by atoms with Crippen LogP contribution in [0.25, 0.3) is 10.4 Å². The van der Waals surface area contributed by atoms with Gasteiger partial charge in [0.05, 0.1) is 4.88 Å². The number of benzene rings is 1. The normalized spacial score (nSPS) is 12.7. The third-order valence-electron chi connectivity index (χ3n) is 3.81. The van der Waals surface area contributed by atoms with Crippen LogP contribution >= 0.6 is 11.3 Å². The maximum absolute atomic E-state index is 12.4. The van der Waals surface area contributed by atoms with Gasteiger partial charge in [0, 0.05) is 22.5 Å². The quantitative estimate of drug-likeness (QED) is 0.769. The predicted octanol–water partition coefficient (Wildman–Crippen LogP) is 4.14. The minimum atomic E-state index is -0.126. The molecule has 6 heteroatoms. The summed E-state index contributed by atoms with van der Waals surface area (Å²) >= 11 is 1.44. The number of amides is 1. The van der Waals surface area contributed by atoms with Gasteiger partial charge in [-0.25, -0.2) is 0 Å². The molecule has 0 aliphatic carbocycles. The van der Waals surface area contributed by atoms with Crippen molar-refractivity contribution >= 4 is 22.9 Å². The zero-order chi connectivity index (χ0) is 17.2. The van der Waals surface area contributed by atoms with Crippen LogP contribution in [-0.2, 0) is 0 Å². The second-order valence-corrected chi connectivity index (χ2v) is 6.75. The van der Waals surface area contributed by atoms with Gasteiger partial charge in [0.25, 0.3) is 5.91 Å². The number of pyridine rings is 1. The SMILES string of the molecule is Cc1cc(NC(=O)c2ccc(-c3ccc4c(c3)OCCO4)s2)ccn1. The van der Waals surface area contributed by atoms with E-state index in [1.165, 1.54) is 11.3 Å². The van der Waals surface area contributed by atoms with Crippen LogP contribution in [0.15, 0.2) is 48.7 Å². The van der Waals surface area contributed by atoms with Crippen LogP contribution in [0.3, 0.4) is 0 Å². The Kier molecular flexibility index (Phi) is 4.11. The van der Waals surface area contributed by atoms with Crippen LogP contribution < -0.4 is 14.8 Å². The Hall–Kier alpha value is -2.86. The molecule has 0 spiro atoms. The maximum atomic E-state index is 12.4. The summed E-state index contributed by atoms with van der Waals surface area (Å²) in [6, 6.07) is 13.2. The monoisotopic (exact) mass is 352 g/mol. The van der Waals surface area contributed by atoms with Gasteiger partial charge in [-0.05, 0) is 55.0 Å². The van der Waals surface area contributed by atoms with Crippen molar-refractivity contribution < 1.29 is 14.3 Å². The number of hydrogen-bond acceptors (Lipinski definition) is 5. The van der Waals surface area contributed by atoms with E-state index in [1.54, 1.807) is 12.3 Å². The molecule has 1 N–H and O–H groups in total. The molecular formula is C19H16N2O3S. The van der Waals surface area contributed by atoms with Gasteiger partial charge in [0.2, 0.25) is 0 Å². The van der Waals surface area contributed by atoms with Crippen molar-refractivity contribution in [1.29, 1.82) is 0 Å². The van der Waals surface area contributed by atoms with Crippen LogP contribution in [0.2, 0.25) is 0 Å². The predicted molar refractivity (Wildman–Crippen MR) is 97.7 cm³/mol. The van der Waals surface area contributed by atoms with Crippen molar-refractivity contribution in [2.24, 2.45) is 0 Å². The molecule has 0 unspecified atom stereocenters. The van der Waals surface area contributed by atoms with E-state index in [1.807, 2.05) is 43.3 Å². The van der Waals surface area contributed by atoms with E-state index in [2.05, 4.69) is 10.3 Å². The molecule has 126 valence electrons. The third kappa shape index (κ3) is 3.34. The summed E-state index contributed by atoms with van der Waals surface area (Å²) in [7, 11) is 0. The molecule has 0 saturated heterocycles. The fraction of sp³-hybridized carbons (Fsp3) is 0.158. The Labute approximate surface area is 149 Å². The maximum Gasteiger partial charge on any atom is 0.265 e. The number of rotatable bonds is 3. The highest BCUT2D eigenvalue weighted by Crippen LogP contribution is 2.37. The standard InChI is InChI=1S/C19H16N2O3S/c1-12-10-14(6-7-20-12)21-19(22)18-5-4-17(25-18)13-2-3-15-16(11-13)24-9-8-23-15/h2-7,10-11H,8-9H2,1H3,(H,20,21,22). The molecule has 5 nitrogen and oxygen atoms in total. The van der Waals surface area contributed by atoms with E-state index in [0.717, 1.165) is 33.3 Å². The molecule has 1 aromatic carbocycles. The Morgan fingerprint density at radius 1 is 1.08 bits per heavy atom. The summed E-state index contributed by atoms with van der Waals surface area (Å²) in [4.78, 5) is 18.2. The lowest BCUT2D eigenvalue weighted by Gasteiger charge is -2.18. The van der Waals surface area contributed by atoms with E-state index in [9.17, 15) is 4.79 Å². The molecule has 1 aliphatic rings. The first-order valence-electron chi connectivity index (χ1n) is 7.93. The number of aromatic nitrogens is 1. The topological polar surface area (TPSA) is 60.5 Å². The number of nitrogens with one attached hydrogen (secondary N) is 1. The van der Waals surface area contributed by atoms with Gasteiger partial charge >= 0.3 is 0 Å². The number of carbonyl (C=O) groups excluding carboxylic acids is 1. The Bertz CT molecular complexity index is 936. The lowest BCUT2D eigenvalue weighted by Crippen LogP contribution is -2.15. The molecule has 3 heterocycles. The number of ether oxygens (including phenoxy) is 2. The average molecular weight is 352 g/mol. The van der Waals surface area contributed by atoms with Crippen molar-refractivity contribution in [1.82, 2.24) is 4.98 Å².